The number of methoxy groups -OCH3 is 1. The summed E-state index contributed by atoms with van der Waals surface area (Å²) in [5.74, 6) is -0.204. The Labute approximate surface area is 115 Å². The Morgan fingerprint density at radius 3 is 2.84 bits per heavy atom. The van der Waals surface area contributed by atoms with Gasteiger partial charge in [0, 0.05) is 5.56 Å². The van der Waals surface area contributed by atoms with E-state index in [1.54, 1.807) is 7.11 Å². The molecule has 0 radical (unpaired) electrons. The number of carbonyl (C=O) groups is 2. The molecule has 1 N–H and O–H groups in total. The number of hydrogen-bond acceptors (Lipinski definition) is 4. The molecule has 0 aliphatic carbocycles. The predicted octanol–water partition coefficient (Wildman–Crippen LogP) is 1.74. The fourth-order valence-electron chi connectivity index (χ4n) is 2.08. The SMILES string of the molecule is COc1ccccc1C1SCC(=O)N1C(C)C(=O)O. The largest absolute Gasteiger partial charge is 0.496 e. The first kappa shape index (κ1) is 13.7. The molecule has 1 heterocycles. The molecule has 2 unspecified atom stereocenters. The number of para-hydroxylation sites is 1. The monoisotopic (exact) mass is 281 g/mol. The van der Waals surface area contributed by atoms with Crippen LogP contribution in [0, 0.1) is 0 Å². The zero-order valence-corrected chi connectivity index (χ0v) is 11.5. The highest BCUT2D eigenvalue weighted by molar-refractivity contribution is 8.00. The number of nitrogens with zero attached hydrogens (tertiary/aromatic N) is 1. The van der Waals surface area contributed by atoms with E-state index in [4.69, 9.17) is 9.84 Å². The second-order valence-electron chi connectivity index (χ2n) is 4.22. The number of amides is 1. The van der Waals surface area contributed by atoms with E-state index in [0.29, 0.717) is 11.5 Å². The van der Waals surface area contributed by atoms with E-state index in [1.165, 1.54) is 23.6 Å². The third-order valence-electron chi connectivity index (χ3n) is 3.08. The average Bonchev–Trinajstić information content (AvgIpc) is 2.79. The number of carboxylic acids is 1. The lowest BCUT2D eigenvalue weighted by Crippen LogP contribution is -2.41. The Balaban J connectivity index is 2.37. The summed E-state index contributed by atoms with van der Waals surface area (Å²) >= 11 is 1.42. The van der Waals surface area contributed by atoms with Crippen molar-refractivity contribution in [1.82, 2.24) is 4.90 Å². The molecule has 0 aromatic heterocycles. The topological polar surface area (TPSA) is 66.8 Å². The summed E-state index contributed by atoms with van der Waals surface area (Å²) in [6.45, 7) is 1.52. The zero-order valence-electron chi connectivity index (χ0n) is 10.7. The van der Waals surface area contributed by atoms with Crippen molar-refractivity contribution in [3.05, 3.63) is 29.8 Å². The van der Waals surface area contributed by atoms with Crippen molar-refractivity contribution >= 4 is 23.6 Å². The van der Waals surface area contributed by atoms with Gasteiger partial charge in [0.05, 0.1) is 12.9 Å². The van der Waals surface area contributed by atoms with Gasteiger partial charge in [0.1, 0.15) is 17.2 Å². The molecule has 6 heteroatoms. The van der Waals surface area contributed by atoms with Crippen LogP contribution in [0.1, 0.15) is 17.9 Å². The van der Waals surface area contributed by atoms with E-state index in [-0.39, 0.29) is 11.3 Å². The number of benzene rings is 1. The molecule has 1 aromatic rings. The molecular weight excluding hydrogens is 266 g/mol. The van der Waals surface area contributed by atoms with Crippen LogP contribution in [0.2, 0.25) is 0 Å². The third-order valence-corrected chi connectivity index (χ3v) is 4.30. The maximum atomic E-state index is 11.9. The summed E-state index contributed by atoms with van der Waals surface area (Å²) in [4.78, 5) is 24.4. The molecule has 1 aliphatic rings. The van der Waals surface area contributed by atoms with Crippen molar-refractivity contribution in [3.63, 3.8) is 0 Å². The Hall–Kier alpha value is -1.69. The van der Waals surface area contributed by atoms with Gasteiger partial charge < -0.3 is 14.7 Å². The van der Waals surface area contributed by atoms with Crippen LogP contribution in [-0.2, 0) is 9.59 Å². The van der Waals surface area contributed by atoms with Gasteiger partial charge in [0.2, 0.25) is 5.91 Å². The lowest BCUT2D eigenvalue weighted by molar-refractivity contribution is -0.148. The highest BCUT2D eigenvalue weighted by Gasteiger charge is 2.39. The van der Waals surface area contributed by atoms with Gasteiger partial charge in [0.25, 0.3) is 0 Å². The van der Waals surface area contributed by atoms with E-state index in [1.807, 2.05) is 24.3 Å². The summed E-state index contributed by atoms with van der Waals surface area (Å²) in [5.41, 5.74) is 0.828. The first-order valence-corrected chi connectivity index (χ1v) is 6.89. The van der Waals surface area contributed by atoms with Crippen molar-refractivity contribution in [1.29, 1.82) is 0 Å². The van der Waals surface area contributed by atoms with Crippen LogP contribution in [0.15, 0.2) is 24.3 Å². The van der Waals surface area contributed by atoms with E-state index in [2.05, 4.69) is 0 Å². The van der Waals surface area contributed by atoms with Crippen LogP contribution in [0.25, 0.3) is 0 Å². The van der Waals surface area contributed by atoms with E-state index >= 15 is 0 Å². The van der Waals surface area contributed by atoms with Crippen molar-refractivity contribution < 1.29 is 19.4 Å². The van der Waals surface area contributed by atoms with Gasteiger partial charge in [-0.05, 0) is 13.0 Å². The van der Waals surface area contributed by atoms with Crippen molar-refractivity contribution in [2.45, 2.75) is 18.3 Å². The summed E-state index contributed by atoms with van der Waals surface area (Å²) in [7, 11) is 1.56. The van der Waals surface area contributed by atoms with Crippen LogP contribution in [0.5, 0.6) is 5.75 Å². The molecule has 0 saturated carbocycles. The number of thioether (sulfide) groups is 1. The summed E-state index contributed by atoms with van der Waals surface area (Å²) in [5, 5.41) is 8.81. The Kier molecular flexibility index (Phi) is 3.99. The van der Waals surface area contributed by atoms with Crippen LogP contribution in [0.4, 0.5) is 0 Å². The summed E-state index contributed by atoms with van der Waals surface area (Å²) in [6, 6.07) is 6.51. The average molecular weight is 281 g/mol. The van der Waals surface area contributed by atoms with Crippen LogP contribution in [-0.4, -0.2) is 40.8 Å². The summed E-state index contributed by atoms with van der Waals surface area (Å²) < 4.78 is 5.28. The first-order chi connectivity index (χ1) is 9.06. The minimum atomic E-state index is -1.00. The predicted molar refractivity (Wildman–Crippen MR) is 72.1 cm³/mol. The van der Waals surface area contributed by atoms with Gasteiger partial charge in [-0.25, -0.2) is 4.79 Å². The normalized spacial score (nSPS) is 20.4. The van der Waals surface area contributed by atoms with Crippen molar-refractivity contribution in [3.8, 4) is 5.75 Å². The van der Waals surface area contributed by atoms with Gasteiger partial charge in [-0.1, -0.05) is 18.2 Å². The molecule has 1 saturated heterocycles. The third kappa shape index (κ3) is 2.53. The number of rotatable bonds is 4. The van der Waals surface area contributed by atoms with Crippen molar-refractivity contribution in [2.75, 3.05) is 12.9 Å². The molecule has 19 heavy (non-hydrogen) atoms. The molecule has 2 atom stereocenters. The number of ether oxygens (including phenoxy) is 1. The van der Waals surface area contributed by atoms with E-state index in [0.717, 1.165) is 5.56 Å². The van der Waals surface area contributed by atoms with Gasteiger partial charge >= 0.3 is 5.97 Å². The van der Waals surface area contributed by atoms with Crippen LogP contribution >= 0.6 is 11.8 Å². The lowest BCUT2D eigenvalue weighted by atomic mass is 10.1. The molecule has 1 aliphatic heterocycles. The quantitative estimate of drug-likeness (QED) is 0.910. The second-order valence-corrected chi connectivity index (χ2v) is 5.29. The lowest BCUT2D eigenvalue weighted by Gasteiger charge is -2.28. The van der Waals surface area contributed by atoms with Gasteiger partial charge in [-0.3, -0.25) is 4.79 Å². The molecule has 5 nitrogen and oxygen atoms in total. The molecule has 0 spiro atoms. The minimum absolute atomic E-state index is 0.157. The molecule has 0 bridgehead atoms. The fourth-order valence-corrected chi connectivity index (χ4v) is 3.37. The maximum absolute atomic E-state index is 11.9. The zero-order chi connectivity index (χ0) is 14.0. The molecule has 1 aromatic carbocycles. The fraction of sp³-hybridized carbons (Fsp3) is 0.385. The van der Waals surface area contributed by atoms with Crippen LogP contribution in [0.3, 0.4) is 0 Å². The Morgan fingerprint density at radius 2 is 2.21 bits per heavy atom. The van der Waals surface area contributed by atoms with Gasteiger partial charge in [-0.2, -0.15) is 0 Å². The number of carboxylic acid groups (broad SMARTS) is 1. The summed E-state index contributed by atoms with van der Waals surface area (Å²) in [6.07, 6.45) is 0. The number of carbonyl (C=O) groups excluding carboxylic acids is 1. The first-order valence-electron chi connectivity index (χ1n) is 5.84. The number of aliphatic carboxylic acids is 1. The highest BCUT2D eigenvalue weighted by Crippen LogP contribution is 2.43. The van der Waals surface area contributed by atoms with Gasteiger partial charge in [-0.15, -0.1) is 11.8 Å². The van der Waals surface area contributed by atoms with E-state index in [9.17, 15) is 9.59 Å². The van der Waals surface area contributed by atoms with Crippen LogP contribution < -0.4 is 4.74 Å². The van der Waals surface area contributed by atoms with Crippen molar-refractivity contribution in [2.24, 2.45) is 0 Å². The second kappa shape index (κ2) is 5.52. The molecule has 2 rings (SSSR count). The Bertz CT molecular complexity index is 505. The highest BCUT2D eigenvalue weighted by atomic mass is 32.2. The molecular formula is C13H15NO4S. The Morgan fingerprint density at radius 1 is 1.53 bits per heavy atom. The molecule has 1 amide bonds. The number of hydrogen-bond donors (Lipinski definition) is 1. The van der Waals surface area contributed by atoms with Gasteiger partial charge in [0.15, 0.2) is 0 Å². The van der Waals surface area contributed by atoms with E-state index < -0.39 is 12.0 Å². The minimum Gasteiger partial charge on any atom is -0.496 e. The standard InChI is InChI=1S/C13H15NO4S/c1-8(13(16)17)14-11(15)7-19-12(14)9-5-3-4-6-10(9)18-2/h3-6,8,12H,7H2,1-2H3,(H,16,17). The smallest absolute Gasteiger partial charge is 0.326 e. The maximum Gasteiger partial charge on any atom is 0.326 e. The molecule has 102 valence electrons. The molecule has 1 fully saturated rings.